The molecule has 80 valence electrons. The van der Waals surface area contributed by atoms with Crippen molar-refractivity contribution in [3.8, 4) is 0 Å². The van der Waals surface area contributed by atoms with E-state index in [4.69, 9.17) is 4.99 Å². The number of rotatable bonds is 2. The SMILES string of the molecule is CC1(C)CC(CI)N=C1c1ccccc1. The summed E-state index contributed by atoms with van der Waals surface area (Å²) in [6, 6.07) is 11.1. The van der Waals surface area contributed by atoms with E-state index < -0.39 is 0 Å². The first-order valence-electron chi connectivity index (χ1n) is 5.33. The van der Waals surface area contributed by atoms with Crippen molar-refractivity contribution in [2.45, 2.75) is 26.3 Å². The van der Waals surface area contributed by atoms with Crippen molar-refractivity contribution in [1.82, 2.24) is 0 Å². The fourth-order valence-electron chi connectivity index (χ4n) is 2.24. The molecule has 1 heterocycles. The first-order chi connectivity index (χ1) is 7.13. The van der Waals surface area contributed by atoms with Crippen LogP contribution in [-0.4, -0.2) is 16.2 Å². The van der Waals surface area contributed by atoms with E-state index >= 15 is 0 Å². The van der Waals surface area contributed by atoms with Crippen molar-refractivity contribution in [3.63, 3.8) is 0 Å². The van der Waals surface area contributed by atoms with E-state index in [-0.39, 0.29) is 5.41 Å². The van der Waals surface area contributed by atoms with Crippen molar-refractivity contribution < 1.29 is 0 Å². The van der Waals surface area contributed by atoms with Crippen LogP contribution in [0.1, 0.15) is 25.8 Å². The van der Waals surface area contributed by atoms with E-state index in [9.17, 15) is 0 Å². The lowest BCUT2D eigenvalue weighted by atomic mass is 9.82. The van der Waals surface area contributed by atoms with Crippen LogP contribution in [0.15, 0.2) is 35.3 Å². The predicted molar refractivity (Wildman–Crippen MR) is 74.1 cm³/mol. The highest BCUT2D eigenvalue weighted by Gasteiger charge is 2.34. The molecule has 0 N–H and O–H groups in total. The minimum absolute atomic E-state index is 0.233. The number of hydrogen-bond acceptors (Lipinski definition) is 1. The fraction of sp³-hybridized carbons (Fsp3) is 0.462. The average molecular weight is 313 g/mol. The molecule has 1 aromatic rings. The monoisotopic (exact) mass is 313 g/mol. The summed E-state index contributed by atoms with van der Waals surface area (Å²) in [5, 5.41) is 0. The molecule has 1 nitrogen and oxygen atoms in total. The Labute approximate surface area is 105 Å². The van der Waals surface area contributed by atoms with Crippen molar-refractivity contribution in [2.24, 2.45) is 10.4 Å². The molecule has 0 saturated heterocycles. The molecule has 1 aliphatic rings. The molecule has 15 heavy (non-hydrogen) atoms. The highest BCUT2D eigenvalue weighted by molar-refractivity contribution is 14.1. The normalized spacial score (nSPS) is 23.9. The molecule has 1 unspecified atom stereocenters. The van der Waals surface area contributed by atoms with Gasteiger partial charge in [0, 0.05) is 15.6 Å². The Hall–Kier alpha value is -0.380. The summed E-state index contributed by atoms with van der Waals surface area (Å²) in [7, 11) is 0. The van der Waals surface area contributed by atoms with E-state index in [1.165, 1.54) is 17.7 Å². The maximum atomic E-state index is 4.84. The summed E-state index contributed by atoms with van der Waals surface area (Å²) in [5.41, 5.74) is 2.80. The lowest BCUT2D eigenvalue weighted by Gasteiger charge is -2.20. The van der Waals surface area contributed by atoms with Crippen LogP contribution in [-0.2, 0) is 0 Å². The first kappa shape index (κ1) is 11.1. The molecule has 0 amide bonds. The molecule has 0 bridgehead atoms. The molecule has 0 aromatic heterocycles. The van der Waals surface area contributed by atoms with Crippen molar-refractivity contribution >= 4 is 28.3 Å². The van der Waals surface area contributed by atoms with Gasteiger partial charge in [0.15, 0.2) is 0 Å². The maximum absolute atomic E-state index is 4.84. The molecule has 1 atom stereocenters. The van der Waals surface area contributed by atoms with Crippen LogP contribution in [0.2, 0.25) is 0 Å². The molecule has 0 spiro atoms. The number of hydrogen-bond donors (Lipinski definition) is 0. The van der Waals surface area contributed by atoms with Gasteiger partial charge in [-0.1, -0.05) is 66.8 Å². The van der Waals surface area contributed by atoms with Crippen LogP contribution < -0.4 is 0 Å². The largest absolute Gasteiger partial charge is 0.284 e. The van der Waals surface area contributed by atoms with Crippen molar-refractivity contribution in [2.75, 3.05) is 4.43 Å². The van der Waals surface area contributed by atoms with E-state index in [0.717, 1.165) is 4.43 Å². The van der Waals surface area contributed by atoms with Gasteiger partial charge in [0.25, 0.3) is 0 Å². The summed E-state index contributed by atoms with van der Waals surface area (Å²) in [6.07, 6.45) is 1.18. The average Bonchev–Trinajstić information content (AvgIpc) is 2.55. The van der Waals surface area contributed by atoms with Gasteiger partial charge in [-0.2, -0.15) is 0 Å². The second-order valence-corrected chi connectivity index (χ2v) is 5.62. The van der Waals surface area contributed by atoms with E-state index in [1.54, 1.807) is 0 Å². The van der Waals surface area contributed by atoms with Crippen LogP contribution in [0, 0.1) is 5.41 Å². The van der Waals surface area contributed by atoms with Gasteiger partial charge in [-0.15, -0.1) is 0 Å². The zero-order valence-electron chi connectivity index (χ0n) is 9.20. The second-order valence-electron chi connectivity index (χ2n) is 4.74. The lowest BCUT2D eigenvalue weighted by Crippen LogP contribution is -2.21. The minimum atomic E-state index is 0.233. The quantitative estimate of drug-likeness (QED) is 0.583. The Bertz CT molecular complexity index is 367. The fourth-order valence-corrected chi connectivity index (χ4v) is 2.75. The van der Waals surface area contributed by atoms with Crippen LogP contribution in [0.25, 0.3) is 0 Å². The lowest BCUT2D eigenvalue weighted by molar-refractivity contribution is 0.481. The molecule has 0 aliphatic carbocycles. The molecule has 2 rings (SSSR count). The third-order valence-corrected chi connectivity index (χ3v) is 3.94. The van der Waals surface area contributed by atoms with Gasteiger partial charge in [-0.05, 0) is 12.0 Å². The van der Waals surface area contributed by atoms with Crippen LogP contribution >= 0.6 is 22.6 Å². The zero-order chi connectivity index (χ0) is 10.9. The Morgan fingerprint density at radius 2 is 2.00 bits per heavy atom. The summed E-state index contributed by atoms with van der Waals surface area (Å²) in [4.78, 5) is 4.84. The smallest absolute Gasteiger partial charge is 0.0601 e. The van der Waals surface area contributed by atoms with Crippen LogP contribution in [0.5, 0.6) is 0 Å². The van der Waals surface area contributed by atoms with Gasteiger partial charge in [-0.25, -0.2) is 0 Å². The Kier molecular flexibility index (Phi) is 3.14. The number of nitrogens with zero attached hydrogens (tertiary/aromatic N) is 1. The molecule has 0 fully saturated rings. The number of halogens is 1. The van der Waals surface area contributed by atoms with Gasteiger partial charge in [-0.3, -0.25) is 4.99 Å². The maximum Gasteiger partial charge on any atom is 0.0601 e. The van der Waals surface area contributed by atoms with E-state index in [1.807, 2.05) is 0 Å². The number of aliphatic imine (C=N–C) groups is 1. The topological polar surface area (TPSA) is 12.4 Å². The first-order valence-corrected chi connectivity index (χ1v) is 6.86. The second kappa shape index (κ2) is 4.24. The summed E-state index contributed by atoms with van der Waals surface area (Å²) < 4.78 is 1.12. The molecular formula is C13H16IN. The van der Waals surface area contributed by atoms with Gasteiger partial charge >= 0.3 is 0 Å². The minimum Gasteiger partial charge on any atom is -0.284 e. The molecule has 1 aromatic carbocycles. The van der Waals surface area contributed by atoms with E-state index in [0.29, 0.717) is 6.04 Å². The molecule has 0 saturated carbocycles. The zero-order valence-corrected chi connectivity index (χ0v) is 11.4. The Morgan fingerprint density at radius 3 is 2.53 bits per heavy atom. The van der Waals surface area contributed by atoms with Crippen molar-refractivity contribution in [3.05, 3.63) is 35.9 Å². The van der Waals surface area contributed by atoms with E-state index in [2.05, 4.69) is 66.8 Å². The Balaban J connectivity index is 2.36. The molecular weight excluding hydrogens is 297 g/mol. The molecule has 2 heteroatoms. The standard InChI is InChI=1S/C13H16IN/c1-13(2)8-11(9-14)15-12(13)10-6-4-3-5-7-10/h3-7,11H,8-9H2,1-2H3. The summed E-state index contributed by atoms with van der Waals surface area (Å²) in [5.74, 6) is 0. The molecule has 0 radical (unpaired) electrons. The number of benzene rings is 1. The van der Waals surface area contributed by atoms with Crippen LogP contribution in [0.3, 0.4) is 0 Å². The third kappa shape index (κ3) is 2.25. The predicted octanol–water partition coefficient (Wildman–Crippen LogP) is 3.71. The third-order valence-electron chi connectivity index (χ3n) is 2.92. The number of alkyl halides is 1. The van der Waals surface area contributed by atoms with Gasteiger partial charge in [0.1, 0.15) is 0 Å². The Morgan fingerprint density at radius 1 is 1.33 bits per heavy atom. The summed E-state index contributed by atoms with van der Waals surface area (Å²) in [6.45, 7) is 4.59. The molecule has 1 aliphatic heterocycles. The van der Waals surface area contributed by atoms with Gasteiger partial charge in [0.2, 0.25) is 0 Å². The highest BCUT2D eigenvalue weighted by atomic mass is 127. The van der Waals surface area contributed by atoms with Gasteiger partial charge < -0.3 is 0 Å². The van der Waals surface area contributed by atoms with Crippen LogP contribution in [0.4, 0.5) is 0 Å². The highest BCUT2D eigenvalue weighted by Crippen LogP contribution is 2.36. The van der Waals surface area contributed by atoms with Gasteiger partial charge in [0.05, 0.1) is 6.04 Å². The summed E-state index contributed by atoms with van der Waals surface area (Å²) >= 11 is 2.43. The van der Waals surface area contributed by atoms with Crippen molar-refractivity contribution in [1.29, 1.82) is 0 Å².